The van der Waals surface area contributed by atoms with Gasteiger partial charge in [0.15, 0.2) is 0 Å². The van der Waals surface area contributed by atoms with E-state index in [1.54, 1.807) is 4.90 Å². The van der Waals surface area contributed by atoms with Crippen molar-refractivity contribution in [2.24, 2.45) is 0 Å². The average Bonchev–Trinajstić information content (AvgIpc) is 2.78. The number of hydrogen-bond acceptors (Lipinski definition) is 4. The molecule has 0 N–H and O–H groups in total. The van der Waals surface area contributed by atoms with Crippen molar-refractivity contribution in [1.29, 1.82) is 0 Å². The number of amides is 1. The van der Waals surface area contributed by atoms with E-state index < -0.39 is 5.60 Å². The molecule has 23 heavy (non-hydrogen) atoms. The van der Waals surface area contributed by atoms with E-state index in [2.05, 4.69) is 16.0 Å². The van der Waals surface area contributed by atoms with Gasteiger partial charge in [-0.05, 0) is 51.7 Å². The predicted molar refractivity (Wildman–Crippen MR) is 91.1 cm³/mol. The molecule has 1 aromatic rings. The fraction of sp³-hybridized carbons (Fsp3) is 0.647. The molecule has 1 saturated carbocycles. The quantitative estimate of drug-likeness (QED) is 0.775. The van der Waals surface area contributed by atoms with Crippen LogP contribution < -0.4 is 4.90 Å². The van der Waals surface area contributed by atoms with Gasteiger partial charge in [0, 0.05) is 25.7 Å². The molecule has 0 radical (unpaired) electrons. The third kappa shape index (κ3) is 3.39. The summed E-state index contributed by atoms with van der Waals surface area (Å²) in [4.78, 5) is 20.7. The standard InChI is InChI=1S/C17H24ClN3O2/c1-17(2,3)23-16(22)20(4)12-9-13(10-12)21-8-7-11-5-6-14(18)19-15(11)21/h5-6,12-13H,7-10H2,1-4H3. The van der Waals surface area contributed by atoms with Gasteiger partial charge >= 0.3 is 6.09 Å². The Morgan fingerprint density at radius 2 is 2.09 bits per heavy atom. The smallest absolute Gasteiger partial charge is 0.410 e. The summed E-state index contributed by atoms with van der Waals surface area (Å²) >= 11 is 6.03. The largest absolute Gasteiger partial charge is 0.444 e. The molecule has 1 aliphatic carbocycles. The molecule has 126 valence electrons. The van der Waals surface area contributed by atoms with E-state index in [-0.39, 0.29) is 12.1 Å². The van der Waals surface area contributed by atoms with E-state index in [1.165, 1.54) is 5.56 Å². The number of ether oxygens (including phenoxy) is 1. The molecule has 0 unspecified atom stereocenters. The Bertz CT molecular complexity index is 608. The second-order valence-corrected chi connectivity index (χ2v) is 7.82. The van der Waals surface area contributed by atoms with Crippen LogP contribution in [0.5, 0.6) is 0 Å². The van der Waals surface area contributed by atoms with Crippen LogP contribution in [0.4, 0.5) is 10.6 Å². The third-order valence-corrected chi connectivity index (χ3v) is 4.78. The number of pyridine rings is 1. The first kappa shape index (κ1) is 16.4. The van der Waals surface area contributed by atoms with Crippen molar-refractivity contribution in [3.05, 3.63) is 22.8 Å². The molecule has 0 spiro atoms. The van der Waals surface area contributed by atoms with E-state index in [4.69, 9.17) is 16.3 Å². The minimum atomic E-state index is -0.455. The second kappa shape index (κ2) is 5.86. The topological polar surface area (TPSA) is 45.7 Å². The molecule has 0 bridgehead atoms. The molecule has 5 nitrogen and oxygen atoms in total. The first-order valence-corrected chi connectivity index (χ1v) is 8.50. The summed E-state index contributed by atoms with van der Waals surface area (Å²) in [6.45, 7) is 6.65. The van der Waals surface area contributed by atoms with Crippen molar-refractivity contribution < 1.29 is 9.53 Å². The Kier molecular flexibility index (Phi) is 4.17. The highest BCUT2D eigenvalue weighted by Gasteiger charge is 2.41. The SMILES string of the molecule is CN(C(=O)OC(C)(C)C)C1CC(N2CCc3ccc(Cl)nc32)C1. The van der Waals surface area contributed by atoms with Crippen LogP contribution in [-0.2, 0) is 11.2 Å². The summed E-state index contributed by atoms with van der Waals surface area (Å²) in [5.41, 5.74) is 0.807. The fourth-order valence-electron chi connectivity index (χ4n) is 3.21. The molecular formula is C17H24ClN3O2. The van der Waals surface area contributed by atoms with Crippen LogP contribution in [0.1, 0.15) is 39.2 Å². The summed E-state index contributed by atoms with van der Waals surface area (Å²) in [7, 11) is 1.82. The van der Waals surface area contributed by atoms with Gasteiger partial charge < -0.3 is 14.5 Å². The van der Waals surface area contributed by atoms with Crippen LogP contribution >= 0.6 is 11.6 Å². The lowest BCUT2D eigenvalue weighted by Crippen LogP contribution is -2.55. The number of carbonyl (C=O) groups is 1. The monoisotopic (exact) mass is 337 g/mol. The van der Waals surface area contributed by atoms with Gasteiger partial charge in [-0.15, -0.1) is 0 Å². The van der Waals surface area contributed by atoms with Crippen molar-refractivity contribution in [2.45, 2.75) is 57.7 Å². The van der Waals surface area contributed by atoms with E-state index in [1.807, 2.05) is 33.9 Å². The van der Waals surface area contributed by atoms with Crippen LogP contribution in [0, 0.1) is 0 Å². The molecule has 1 amide bonds. The third-order valence-electron chi connectivity index (χ3n) is 4.57. The Morgan fingerprint density at radius 1 is 1.39 bits per heavy atom. The van der Waals surface area contributed by atoms with Crippen LogP contribution in [-0.4, -0.2) is 47.3 Å². The number of halogens is 1. The number of aromatic nitrogens is 1. The molecule has 6 heteroatoms. The fourth-order valence-corrected chi connectivity index (χ4v) is 3.36. The average molecular weight is 338 g/mol. The van der Waals surface area contributed by atoms with Crippen molar-refractivity contribution >= 4 is 23.5 Å². The maximum absolute atomic E-state index is 12.1. The maximum Gasteiger partial charge on any atom is 0.410 e. The molecule has 1 aromatic heterocycles. The maximum atomic E-state index is 12.1. The summed E-state index contributed by atoms with van der Waals surface area (Å²) < 4.78 is 5.43. The highest BCUT2D eigenvalue weighted by molar-refractivity contribution is 6.29. The van der Waals surface area contributed by atoms with E-state index in [0.717, 1.165) is 31.6 Å². The van der Waals surface area contributed by atoms with Gasteiger partial charge in [0.1, 0.15) is 16.6 Å². The Balaban J connectivity index is 1.58. The Hall–Kier alpha value is -1.49. The highest BCUT2D eigenvalue weighted by Crippen LogP contribution is 2.37. The zero-order valence-corrected chi connectivity index (χ0v) is 14.9. The second-order valence-electron chi connectivity index (χ2n) is 7.43. The number of hydrogen-bond donors (Lipinski definition) is 0. The minimum absolute atomic E-state index is 0.234. The van der Waals surface area contributed by atoms with Crippen LogP contribution in [0.25, 0.3) is 0 Å². The van der Waals surface area contributed by atoms with Crippen molar-refractivity contribution in [2.75, 3.05) is 18.5 Å². The summed E-state index contributed by atoms with van der Waals surface area (Å²) in [6, 6.07) is 4.58. The molecule has 2 heterocycles. The summed E-state index contributed by atoms with van der Waals surface area (Å²) in [6.07, 6.45) is 2.67. The Labute approximate surface area is 142 Å². The summed E-state index contributed by atoms with van der Waals surface area (Å²) in [5.74, 6) is 1.01. The predicted octanol–water partition coefficient (Wildman–Crippen LogP) is 3.50. The molecule has 1 fully saturated rings. The van der Waals surface area contributed by atoms with Gasteiger partial charge in [-0.3, -0.25) is 0 Å². The van der Waals surface area contributed by atoms with Gasteiger partial charge in [0.25, 0.3) is 0 Å². The first-order chi connectivity index (χ1) is 10.7. The number of fused-ring (bicyclic) bond motifs is 1. The number of anilines is 1. The van der Waals surface area contributed by atoms with Gasteiger partial charge in [0.2, 0.25) is 0 Å². The number of carbonyl (C=O) groups excluding carboxylic acids is 1. The van der Waals surface area contributed by atoms with Crippen LogP contribution in [0.15, 0.2) is 12.1 Å². The van der Waals surface area contributed by atoms with Gasteiger partial charge in [-0.1, -0.05) is 17.7 Å². The normalized spacial score (nSPS) is 23.3. The zero-order valence-electron chi connectivity index (χ0n) is 14.2. The molecule has 1 aliphatic heterocycles. The molecular weight excluding hydrogens is 314 g/mol. The molecule has 0 atom stereocenters. The molecule has 0 aromatic carbocycles. The lowest BCUT2D eigenvalue weighted by molar-refractivity contribution is 0.0119. The van der Waals surface area contributed by atoms with Gasteiger partial charge in [-0.25, -0.2) is 9.78 Å². The lowest BCUT2D eigenvalue weighted by Gasteiger charge is -2.45. The molecule has 3 rings (SSSR count). The van der Waals surface area contributed by atoms with Crippen LogP contribution in [0.3, 0.4) is 0 Å². The number of rotatable bonds is 2. The lowest BCUT2D eigenvalue weighted by atomic mass is 9.84. The van der Waals surface area contributed by atoms with E-state index in [9.17, 15) is 4.79 Å². The van der Waals surface area contributed by atoms with Crippen molar-refractivity contribution in [3.8, 4) is 0 Å². The van der Waals surface area contributed by atoms with Crippen LogP contribution in [0.2, 0.25) is 5.15 Å². The van der Waals surface area contributed by atoms with Crippen molar-refractivity contribution in [3.63, 3.8) is 0 Å². The summed E-state index contributed by atoms with van der Waals surface area (Å²) in [5, 5.41) is 0.539. The zero-order chi connectivity index (χ0) is 16.8. The Morgan fingerprint density at radius 3 is 2.74 bits per heavy atom. The van der Waals surface area contributed by atoms with Gasteiger partial charge in [0.05, 0.1) is 0 Å². The first-order valence-electron chi connectivity index (χ1n) is 8.12. The minimum Gasteiger partial charge on any atom is -0.444 e. The molecule has 0 saturated heterocycles. The van der Waals surface area contributed by atoms with Gasteiger partial charge in [-0.2, -0.15) is 0 Å². The number of nitrogens with zero attached hydrogens (tertiary/aromatic N) is 3. The van der Waals surface area contributed by atoms with E-state index in [0.29, 0.717) is 11.2 Å². The van der Waals surface area contributed by atoms with E-state index >= 15 is 0 Å². The van der Waals surface area contributed by atoms with Crippen molar-refractivity contribution in [1.82, 2.24) is 9.88 Å². The molecule has 2 aliphatic rings. The highest BCUT2D eigenvalue weighted by atomic mass is 35.5.